The molecule has 0 unspecified atom stereocenters. The van der Waals surface area contributed by atoms with Crippen LogP contribution in [0.5, 0.6) is 17.2 Å². The summed E-state index contributed by atoms with van der Waals surface area (Å²) in [6.07, 6.45) is 5.09. The minimum atomic E-state index is -1.20. The van der Waals surface area contributed by atoms with Crippen molar-refractivity contribution in [1.29, 1.82) is 0 Å². The van der Waals surface area contributed by atoms with Crippen LogP contribution in [0.4, 0.5) is 10.1 Å². The number of nitrogens with one attached hydrogen (secondary N) is 1. The van der Waals surface area contributed by atoms with Crippen molar-refractivity contribution in [2.45, 2.75) is 44.7 Å². The van der Waals surface area contributed by atoms with Crippen LogP contribution >= 0.6 is 0 Å². The van der Waals surface area contributed by atoms with Gasteiger partial charge in [-0.3, -0.25) is 14.5 Å². The van der Waals surface area contributed by atoms with Gasteiger partial charge in [-0.1, -0.05) is 18.9 Å². The van der Waals surface area contributed by atoms with Crippen molar-refractivity contribution in [1.82, 2.24) is 5.32 Å². The predicted molar refractivity (Wildman–Crippen MR) is 136 cm³/mol. The number of hydrogen-bond acceptors (Lipinski definition) is 6. The molecule has 1 atom stereocenters. The molecule has 37 heavy (non-hydrogen) atoms. The van der Waals surface area contributed by atoms with Crippen LogP contribution in [-0.4, -0.2) is 39.2 Å². The molecule has 1 aliphatic carbocycles. The van der Waals surface area contributed by atoms with Crippen molar-refractivity contribution in [3.8, 4) is 17.2 Å². The van der Waals surface area contributed by atoms with Gasteiger partial charge in [0, 0.05) is 11.7 Å². The van der Waals surface area contributed by atoms with Crippen molar-refractivity contribution in [3.63, 3.8) is 0 Å². The molecule has 196 valence electrons. The Kier molecular flexibility index (Phi) is 8.01. The Balaban J connectivity index is 1.92. The predicted octanol–water partition coefficient (Wildman–Crippen LogP) is 5.20. The molecule has 1 saturated carbocycles. The lowest BCUT2D eigenvalue weighted by atomic mass is 10.00. The van der Waals surface area contributed by atoms with Gasteiger partial charge in [-0.2, -0.15) is 0 Å². The highest BCUT2D eigenvalue weighted by Gasteiger charge is 2.37. The number of benzene rings is 2. The van der Waals surface area contributed by atoms with E-state index >= 15 is 0 Å². The molecular weight excluding hydrogens is 479 g/mol. The van der Waals surface area contributed by atoms with Gasteiger partial charge in [0.2, 0.25) is 11.7 Å². The second-order valence-electron chi connectivity index (χ2n) is 8.94. The first-order valence-corrected chi connectivity index (χ1v) is 12.1. The van der Waals surface area contributed by atoms with Crippen LogP contribution in [0.15, 0.2) is 53.1 Å². The smallest absolute Gasteiger partial charge is 0.294 e. The highest BCUT2D eigenvalue weighted by Crippen LogP contribution is 2.42. The maximum absolute atomic E-state index is 14.8. The standard InChI is InChI=1S/C28H31FN2O6/c1-17-11-12-20(16-21(17)29)31(28(33)22-10-7-13-37-22)25(27(32)30-19-8-5-6-9-19)18-14-23(34-2)26(36-4)24(15-18)35-3/h7,10-16,19,25H,5-6,8-9H2,1-4H3,(H,30,32)/t25-/m0/s1. The molecule has 0 aliphatic heterocycles. The molecule has 0 spiro atoms. The molecule has 1 heterocycles. The number of anilines is 1. The van der Waals surface area contributed by atoms with E-state index in [1.165, 1.54) is 44.6 Å². The first-order chi connectivity index (χ1) is 17.9. The SMILES string of the molecule is COc1cc([C@@H](C(=O)NC2CCCC2)N(C(=O)c2ccco2)c2ccc(C)c(F)c2)cc(OC)c1OC. The Labute approximate surface area is 215 Å². The molecule has 4 rings (SSSR count). The van der Waals surface area contributed by atoms with E-state index in [1.807, 2.05) is 0 Å². The normalized spacial score (nSPS) is 14.2. The monoisotopic (exact) mass is 510 g/mol. The van der Waals surface area contributed by atoms with Crippen LogP contribution in [0, 0.1) is 12.7 Å². The number of methoxy groups -OCH3 is 3. The van der Waals surface area contributed by atoms with Gasteiger partial charge in [0.1, 0.15) is 11.9 Å². The fourth-order valence-electron chi connectivity index (χ4n) is 4.66. The van der Waals surface area contributed by atoms with Crippen LogP contribution in [0.25, 0.3) is 0 Å². The molecule has 9 heteroatoms. The molecule has 2 amide bonds. The average molecular weight is 511 g/mol. The molecule has 1 aliphatic rings. The number of nitrogens with zero attached hydrogens (tertiary/aromatic N) is 1. The molecule has 1 fully saturated rings. The van der Waals surface area contributed by atoms with E-state index in [1.54, 1.807) is 37.3 Å². The van der Waals surface area contributed by atoms with Gasteiger partial charge < -0.3 is 23.9 Å². The summed E-state index contributed by atoms with van der Waals surface area (Å²) in [6.45, 7) is 1.63. The van der Waals surface area contributed by atoms with Crippen molar-refractivity contribution in [3.05, 3.63) is 71.4 Å². The Bertz CT molecular complexity index is 1230. The molecule has 3 aromatic rings. The van der Waals surface area contributed by atoms with Crippen LogP contribution in [-0.2, 0) is 4.79 Å². The maximum atomic E-state index is 14.8. The largest absolute Gasteiger partial charge is 0.493 e. The van der Waals surface area contributed by atoms with Crippen molar-refractivity contribution in [2.24, 2.45) is 0 Å². The van der Waals surface area contributed by atoms with Gasteiger partial charge in [0.05, 0.1) is 27.6 Å². The molecule has 1 aromatic heterocycles. The van der Waals surface area contributed by atoms with Gasteiger partial charge in [0.25, 0.3) is 5.91 Å². The zero-order valence-corrected chi connectivity index (χ0v) is 21.4. The molecule has 8 nitrogen and oxygen atoms in total. The molecule has 1 N–H and O–H groups in total. The second kappa shape index (κ2) is 11.4. The summed E-state index contributed by atoms with van der Waals surface area (Å²) >= 11 is 0. The summed E-state index contributed by atoms with van der Waals surface area (Å²) in [5.74, 6) is -0.543. The van der Waals surface area contributed by atoms with Crippen molar-refractivity contribution >= 4 is 17.5 Å². The third-order valence-corrected chi connectivity index (χ3v) is 6.60. The summed E-state index contributed by atoms with van der Waals surface area (Å²) < 4.78 is 36.6. The summed E-state index contributed by atoms with van der Waals surface area (Å²) in [5, 5.41) is 3.09. The Morgan fingerprint density at radius 2 is 1.70 bits per heavy atom. The number of amides is 2. The van der Waals surface area contributed by atoms with E-state index in [0.29, 0.717) is 28.4 Å². The first kappa shape index (κ1) is 26.1. The third kappa shape index (κ3) is 5.40. The van der Waals surface area contributed by atoms with Gasteiger partial charge in [-0.05, 0) is 67.3 Å². The minimum absolute atomic E-state index is 0.00657. The topological polar surface area (TPSA) is 90.2 Å². The fraction of sp³-hybridized carbons (Fsp3) is 0.357. The fourth-order valence-corrected chi connectivity index (χ4v) is 4.66. The lowest BCUT2D eigenvalue weighted by Crippen LogP contribution is -2.46. The Morgan fingerprint density at radius 1 is 1.03 bits per heavy atom. The second-order valence-corrected chi connectivity index (χ2v) is 8.94. The number of hydrogen-bond donors (Lipinski definition) is 1. The first-order valence-electron chi connectivity index (χ1n) is 12.1. The maximum Gasteiger partial charge on any atom is 0.294 e. The molecule has 0 radical (unpaired) electrons. The van der Waals surface area contributed by atoms with E-state index in [2.05, 4.69) is 5.32 Å². The number of aryl methyl sites for hydroxylation is 1. The zero-order valence-electron chi connectivity index (χ0n) is 21.4. The van der Waals surface area contributed by atoms with Crippen LogP contribution in [0.3, 0.4) is 0 Å². The lowest BCUT2D eigenvalue weighted by Gasteiger charge is -2.32. The van der Waals surface area contributed by atoms with Crippen LogP contribution in [0.2, 0.25) is 0 Å². The quantitative estimate of drug-likeness (QED) is 0.426. The van der Waals surface area contributed by atoms with Crippen LogP contribution < -0.4 is 24.4 Å². The number of ether oxygens (including phenoxy) is 3. The molecular formula is C28H31FN2O6. The Morgan fingerprint density at radius 3 is 2.24 bits per heavy atom. The number of halogens is 1. The van der Waals surface area contributed by atoms with Gasteiger partial charge in [-0.25, -0.2) is 4.39 Å². The average Bonchev–Trinajstić information content (AvgIpc) is 3.62. The summed E-state index contributed by atoms with van der Waals surface area (Å²) in [5.41, 5.74) is 1.00. The van der Waals surface area contributed by atoms with E-state index in [9.17, 15) is 14.0 Å². The van der Waals surface area contributed by atoms with E-state index < -0.39 is 23.7 Å². The molecule has 2 aromatic carbocycles. The highest BCUT2D eigenvalue weighted by atomic mass is 19.1. The molecule has 0 saturated heterocycles. The van der Waals surface area contributed by atoms with E-state index in [4.69, 9.17) is 18.6 Å². The summed E-state index contributed by atoms with van der Waals surface area (Å²) in [7, 11) is 4.41. The lowest BCUT2D eigenvalue weighted by molar-refractivity contribution is -0.123. The third-order valence-electron chi connectivity index (χ3n) is 6.60. The van der Waals surface area contributed by atoms with Crippen LogP contribution in [0.1, 0.15) is 53.4 Å². The highest BCUT2D eigenvalue weighted by molar-refractivity contribution is 6.08. The summed E-state index contributed by atoms with van der Waals surface area (Å²) in [6, 6.07) is 9.50. The molecule has 0 bridgehead atoms. The zero-order chi connectivity index (χ0) is 26.5. The number of rotatable bonds is 9. The van der Waals surface area contributed by atoms with Gasteiger partial charge in [-0.15, -0.1) is 0 Å². The number of carbonyl (C=O) groups excluding carboxylic acids is 2. The van der Waals surface area contributed by atoms with E-state index in [-0.39, 0.29) is 17.5 Å². The Hall–Kier alpha value is -4.01. The van der Waals surface area contributed by atoms with Crippen molar-refractivity contribution in [2.75, 3.05) is 26.2 Å². The number of furan rings is 1. The number of carbonyl (C=O) groups is 2. The van der Waals surface area contributed by atoms with Gasteiger partial charge in [0.15, 0.2) is 17.3 Å². The van der Waals surface area contributed by atoms with Crippen molar-refractivity contribution < 1.29 is 32.6 Å². The van der Waals surface area contributed by atoms with E-state index in [0.717, 1.165) is 25.7 Å². The van der Waals surface area contributed by atoms with Gasteiger partial charge >= 0.3 is 0 Å². The minimum Gasteiger partial charge on any atom is -0.493 e. The summed E-state index contributed by atoms with van der Waals surface area (Å²) in [4.78, 5) is 29.0.